The molecule has 1 aliphatic carbocycles. The van der Waals surface area contributed by atoms with Crippen molar-refractivity contribution < 1.29 is 4.74 Å². The molecule has 5 atom stereocenters. The van der Waals surface area contributed by atoms with Crippen molar-refractivity contribution >= 4 is 0 Å². The van der Waals surface area contributed by atoms with Crippen LogP contribution in [0.2, 0.25) is 0 Å². The van der Waals surface area contributed by atoms with Gasteiger partial charge in [-0.25, -0.2) is 0 Å². The molecule has 0 aromatic heterocycles. The number of ether oxygens (including phenoxy) is 1. The van der Waals surface area contributed by atoms with Crippen LogP contribution in [0.15, 0.2) is 0 Å². The lowest BCUT2D eigenvalue weighted by Gasteiger charge is -2.42. The van der Waals surface area contributed by atoms with Crippen LogP contribution in [-0.4, -0.2) is 42.8 Å². The molecule has 19 heavy (non-hydrogen) atoms. The third kappa shape index (κ3) is 4.17. The molecule has 1 aliphatic heterocycles. The van der Waals surface area contributed by atoms with E-state index in [4.69, 9.17) is 10.5 Å². The lowest BCUT2D eigenvalue weighted by atomic mass is 9.76. The number of rotatable bonds is 4. The van der Waals surface area contributed by atoms with E-state index in [0.717, 1.165) is 19.1 Å². The molecule has 0 radical (unpaired) electrons. The summed E-state index contributed by atoms with van der Waals surface area (Å²) in [6, 6.07) is 0.966. The topological polar surface area (TPSA) is 38.5 Å². The van der Waals surface area contributed by atoms with Crippen LogP contribution in [0, 0.1) is 11.8 Å². The van der Waals surface area contributed by atoms with Crippen molar-refractivity contribution in [1.82, 2.24) is 4.90 Å². The second-order valence-electron chi connectivity index (χ2n) is 6.84. The summed E-state index contributed by atoms with van der Waals surface area (Å²) in [5.74, 6) is 1.61. The molecule has 3 heteroatoms. The molecular formula is C16H32N2O. The fraction of sp³-hybridized carbons (Fsp3) is 1.00. The first-order chi connectivity index (χ1) is 9.10. The second-order valence-corrected chi connectivity index (χ2v) is 6.84. The average Bonchev–Trinajstić information content (AvgIpc) is 2.38. The zero-order valence-corrected chi connectivity index (χ0v) is 13.0. The maximum Gasteiger partial charge on any atom is 0.0674 e. The van der Waals surface area contributed by atoms with E-state index in [1.54, 1.807) is 0 Å². The molecule has 2 N–H and O–H groups in total. The second kappa shape index (κ2) is 7.05. The number of hydrogen-bond acceptors (Lipinski definition) is 3. The normalized spacial score (nSPS) is 41.4. The van der Waals surface area contributed by atoms with Crippen LogP contribution in [0.4, 0.5) is 0 Å². The molecule has 0 spiro atoms. The maximum atomic E-state index is 6.38. The first-order valence-electron chi connectivity index (χ1n) is 8.21. The summed E-state index contributed by atoms with van der Waals surface area (Å²) in [5, 5.41) is 0. The zero-order valence-electron chi connectivity index (χ0n) is 13.0. The van der Waals surface area contributed by atoms with E-state index in [1.165, 1.54) is 38.6 Å². The highest BCUT2D eigenvalue weighted by Gasteiger charge is 2.32. The van der Waals surface area contributed by atoms with Gasteiger partial charge < -0.3 is 10.5 Å². The smallest absolute Gasteiger partial charge is 0.0674 e. The monoisotopic (exact) mass is 268 g/mol. The van der Waals surface area contributed by atoms with Gasteiger partial charge >= 0.3 is 0 Å². The Bertz CT molecular complexity index is 271. The van der Waals surface area contributed by atoms with E-state index >= 15 is 0 Å². The standard InChI is InChI=1S/C16H32N2O/c1-4-5-14-6-7-16(17)15(8-14)10-18-9-13(3)19-11-12(18)2/h12-16H,4-11,17H2,1-3H3. The van der Waals surface area contributed by atoms with E-state index in [0.29, 0.717) is 24.1 Å². The van der Waals surface area contributed by atoms with Gasteiger partial charge in [0.25, 0.3) is 0 Å². The maximum absolute atomic E-state index is 6.38. The molecule has 5 unspecified atom stereocenters. The van der Waals surface area contributed by atoms with E-state index < -0.39 is 0 Å². The van der Waals surface area contributed by atoms with Crippen LogP contribution < -0.4 is 5.73 Å². The summed E-state index contributed by atoms with van der Waals surface area (Å²) in [6.45, 7) is 9.89. The fourth-order valence-electron chi connectivity index (χ4n) is 3.79. The van der Waals surface area contributed by atoms with Crippen molar-refractivity contribution in [2.75, 3.05) is 19.7 Å². The predicted molar refractivity (Wildman–Crippen MR) is 80.2 cm³/mol. The molecule has 0 bridgehead atoms. The van der Waals surface area contributed by atoms with Gasteiger partial charge in [-0.1, -0.05) is 19.8 Å². The highest BCUT2D eigenvalue weighted by molar-refractivity contribution is 4.87. The number of morpholine rings is 1. The minimum atomic E-state index is 0.377. The number of nitrogens with zero attached hydrogens (tertiary/aromatic N) is 1. The van der Waals surface area contributed by atoms with Crippen molar-refractivity contribution in [3.63, 3.8) is 0 Å². The third-order valence-corrected chi connectivity index (χ3v) is 5.05. The van der Waals surface area contributed by atoms with Gasteiger partial charge in [-0.15, -0.1) is 0 Å². The minimum Gasteiger partial charge on any atom is -0.376 e. The van der Waals surface area contributed by atoms with Crippen molar-refractivity contribution in [3.05, 3.63) is 0 Å². The molecule has 2 fully saturated rings. The summed E-state index contributed by atoms with van der Waals surface area (Å²) >= 11 is 0. The molecule has 0 amide bonds. The van der Waals surface area contributed by atoms with Crippen LogP contribution >= 0.6 is 0 Å². The molecule has 1 heterocycles. The van der Waals surface area contributed by atoms with Gasteiger partial charge in [0.05, 0.1) is 12.7 Å². The highest BCUT2D eigenvalue weighted by Crippen LogP contribution is 2.32. The Morgan fingerprint density at radius 1 is 1.26 bits per heavy atom. The van der Waals surface area contributed by atoms with Crippen LogP contribution in [0.1, 0.15) is 52.9 Å². The first kappa shape index (κ1) is 15.3. The molecule has 2 aliphatic rings. The molecule has 0 aromatic carbocycles. The Labute approximate surface area is 118 Å². The predicted octanol–water partition coefficient (Wildman–Crippen LogP) is 2.64. The molecule has 0 aromatic rings. The van der Waals surface area contributed by atoms with Gasteiger partial charge in [-0.05, 0) is 44.9 Å². The largest absolute Gasteiger partial charge is 0.376 e. The van der Waals surface area contributed by atoms with Crippen molar-refractivity contribution in [3.8, 4) is 0 Å². The SMILES string of the molecule is CCCC1CCC(N)C(CN2CC(C)OCC2C)C1. The Balaban J connectivity index is 1.88. The fourth-order valence-corrected chi connectivity index (χ4v) is 3.79. The van der Waals surface area contributed by atoms with Gasteiger partial charge in [0.1, 0.15) is 0 Å². The number of hydrogen-bond donors (Lipinski definition) is 1. The zero-order chi connectivity index (χ0) is 13.8. The van der Waals surface area contributed by atoms with Gasteiger partial charge in [-0.2, -0.15) is 0 Å². The van der Waals surface area contributed by atoms with Crippen molar-refractivity contribution in [2.24, 2.45) is 17.6 Å². The Hall–Kier alpha value is -0.120. The van der Waals surface area contributed by atoms with E-state index in [1.807, 2.05) is 0 Å². The van der Waals surface area contributed by atoms with Crippen molar-refractivity contribution in [2.45, 2.75) is 71.1 Å². The number of nitrogens with two attached hydrogens (primary N) is 1. The third-order valence-electron chi connectivity index (χ3n) is 5.05. The van der Waals surface area contributed by atoms with Crippen molar-refractivity contribution in [1.29, 1.82) is 0 Å². The summed E-state index contributed by atoms with van der Waals surface area (Å²) in [5.41, 5.74) is 6.38. The summed E-state index contributed by atoms with van der Waals surface area (Å²) in [7, 11) is 0. The molecule has 2 rings (SSSR count). The molecule has 1 saturated carbocycles. The highest BCUT2D eigenvalue weighted by atomic mass is 16.5. The van der Waals surface area contributed by atoms with Crippen LogP contribution in [0.5, 0.6) is 0 Å². The minimum absolute atomic E-state index is 0.377. The molecule has 112 valence electrons. The molecule has 1 saturated heterocycles. The Kier molecular flexibility index (Phi) is 5.67. The van der Waals surface area contributed by atoms with Crippen LogP contribution in [-0.2, 0) is 4.74 Å². The lowest BCUT2D eigenvalue weighted by Crippen LogP contribution is -2.52. The quantitative estimate of drug-likeness (QED) is 0.852. The van der Waals surface area contributed by atoms with Crippen LogP contribution in [0.25, 0.3) is 0 Å². The van der Waals surface area contributed by atoms with E-state index in [9.17, 15) is 0 Å². The summed E-state index contributed by atoms with van der Waals surface area (Å²) < 4.78 is 5.72. The molecular weight excluding hydrogens is 236 g/mol. The van der Waals surface area contributed by atoms with Gasteiger partial charge in [0.15, 0.2) is 0 Å². The Morgan fingerprint density at radius 2 is 2.05 bits per heavy atom. The Morgan fingerprint density at radius 3 is 2.79 bits per heavy atom. The lowest BCUT2D eigenvalue weighted by molar-refractivity contribution is -0.0577. The summed E-state index contributed by atoms with van der Waals surface area (Å²) in [4.78, 5) is 2.60. The van der Waals surface area contributed by atoms with Gasteiger partial charge in [-0.3, -0.25) is 4.90 Å². The average molecular weight is 268 g/mol. The van der Waals surface area contributed by atoms with E-state index in [2.05, 4.69) is 25.7 Å². The van der Waals surface area contributed by atoms with Crippen LogP contribution in [0.3, 0.4) is 0 Å². The molecule has 3 nitrogen and oxygen atoms in total. The van der Waals surface area contributed by atoms with E-state index in [-0.39, 0.29) is 0 Å². The summed E-state index contributed by atoms with van der Waals surface area (Å²) in [6.07, 6.45) is 7.00. The first-order valence-corrected chi connectivity index (χ1v) is 8.21. The van der Waals surface area contributed by atoms with Gasteiger partial charge in [0.2, 0.25) is 0 Å². The van der Waals surface area contributed by atoms with Gasteiger partial charge in [0, 0.05) is 25.2 Å².